The summed E-state index contributed by atoms with van der Waals surface area (Å²) >= 11 is 0. The zero-order chi connectivity index (χ0) is 14.8. The highest BCUT2D eigenvalue weighted by molar-refractivity contribution is 5.89. The van der Waals surface area contributed by atoms with E-state index in [9.17, 15) is 4.79 Å². The lowest BCUT2D eigenvalue weighted by Crippen LogP contribution is -2.08. The van der Waals surface area contributed by atoms with Crippen LogP contribution in [0, 0.1) is 6.10 Å². The number of carbonyl (C=O) groups excluding carboxylic acids is 1. The van der Waals surface area contributed by atoms with Gasteiger partial charge in [0.25, 0.3) is 0 Å². The molecule has 0 aliphatic heterocycles. The van der Waals surface area contributed by atoms with Crippen LogP contribution in [0.2, 0.25) is 0 Å². The van der Waals surface area contributed by atoms with E-state index in [-0.39, 0.29) is 0 Å². The number of rotatable bonds is 9. The number of carbonyl (C=O) groups is 1. The third kappa shape index (κ3) is 6.06. The van der Waals surface area contributed by atoms with E-state index in [4.69, 9.17) is 14.5 Å². The number of hydrogen-bond donors (Lipinski definition) is 0. The van der Waals surface area contributed by atoms with Crippen LogP contribution in [0.15, 0.2) is 24.3 Å². The summed E-state index contributed by atoms with van der Waals surface area (Å²) in [5.74, 6) is 0.196. The van der Waals surface area contributed by atoms with Crippen molar-refractivity contribution < 1.29 is 19.3 Å². The molecular formula is C16H23O4. The predicted octanol–water partition coefficient (Wildman–Crippen LogP) is 4.31. The van der Waals surface area contributed by atoms with Crippen LogP contribution in [0.25, 0.3) is 0 Å². The van der Waals surface area contributed by atoms with Gasteiger partial charge in [-0.15, -0.1) is 0 Å². The Morgan fingerprint density at radius 1 is 1.05 bits per heavy atom. The monoisotopic (exact) mass is 279 g/mol. The topological polar surface area (TPSA) is 44.8 Å². The average Bonchev–Trinajstić information content (AvgIpc) is 2.49. The molecule has 1 aromatic rings. The first-order valence-corrected chi connectivity index (χ1v) is 7.02. The maximum absolute atomic E-state index is 11.7. The Bertz CT molecular complexity index is 386. The zero-order valence-electron chi connectivity index (χ0n) is 12.5. The Morgan fingerprint density at radius 3 is 2.35 bits per heavy atom. The van der Waals surface area contributed by atoms with Gasteiger partial charge < -0.3 is 4.74 Å². The molecule has 0 amide bonds. The van der Waals surface area contributed by atoms with Gasteiger partial charge in [-0.2, -0.15) is 4.89 Å². The SMILES string of the molecule is CCCCCC[C](C)OOC(=O)c1ccc(OC)cc1. The van der Waals surface area contributed by atoms with Gasteiger partial charge in [-0.05, 0) is 37.6 Å². The molecule has 0 atom stereocenters. The van der Waals surface area contributed by atoms with Crippen LogP contribution in [-0.2, 0) is 9.78 Å². The lowest BCUT2D eigenvalue weighted by atomic mass is 10.1. The molecule has 0 spiro atoms. The third-order valence-electron chi connectivity index (χ3n) is 2.97. The molecule has 0 bridgehead atoms. The number of ether oxygens (including phenoxy) is 1. The zero-order valence-corrected chi connectivity index (χ0v) is 12.5. The van der Waals surface area contributed by atoms with Crippen LogP contribution in [0.3, 0.4) is 0 Å². The molecule has 1 aromatic carbocycles. The Kier molecular flexibility index (Phi) is 7.73. The Balaban J connectivity index is 2.27. The lowest BCUT2D eigenvalue weighted by Gasteiger charge is -2.10. The molecule has 0 fully saturated rings. The van der Waals surface area contributed by atoms with Crippen LogP contribution in [-0.4, -0.2) is 13.1 Å². The Hall–Kier alpha value is -1.55. The average molecular weight is 279 g/mol. The van der Waals surface area contributed by atoms with Crippen molar-refractivity contribution in [1.82, 2.24) is 0 Å². The fourth-order valence-corrected chi connectivity index (χ4v) is 1.73. The molecule has 0 aliphatic rings. The molecule has 0 saturated heterocycles. The highest BCUT2D eigenvalue weighted by atomic mass is 17.2. The molecule has 1 radical (unpaired) electrons. The van der Waals surface area contributed by atoms with E-state index in [0.717, 1.165) is 18.9 Å². The molecule has 4 heteroatoms. The first kappa shape index (κ1) is 16.5. The van der Waals surface area contributed by atoms with Crippen molar-refractivity contribution in [2.45, 2.75) is 46.0 Å². The highest BCUT2D eigenvalue weighted by Crippen LogP contribution is 2.16. The van der Waals surface area contributed by atoms with Gasteiger partial charge in [-0.25, -0.2) is 4.79 Å². The van der Waals surface area contributed by atoms with Gasteiger partial charge in [0.2, 0.25) is 0 Å². The summed E-state index contributed by atoms with van der Waals surface area (Å²) in [4.78, 5) is 21.6. The molecule has 0 N–H and O–H groups in total. The van der Waals surface area contributed by atoms with E-state index >= 15 is 0 Å². The van der Waals surface area contributed by atoms with Crippen molar-refractivity contribution >= 4 is 5.97 Å². The summed E-state index contributed by atoms with van der Waals surface area (Å²) < 4.78 is 5.02. The number of unbranched alkanes of at least 4 members (excludes halogenated alkanes) is 3. The summed E-state index contributed by atoms with van der Waals surface area (Å²) in [6, 6.07) is 6.69. The van der Waals surface area contributed by atoms with Gasteiger partial charge in [-0.1, -0.05) is 32.6 Å². The van der Waals surface area contributed by atoms with Crippen molar-refractivity contribution in [3.8, 4) is 5.75 Å². The largest absolute Gasteiger partial charge is 0.497 e. The minimum Gasteiger partial charge on any atom is -0.497 e. The van der Waals surface area contributed by atoms with Crippen molar-refractivity contribution in [3.05, 3.63) is 35.9 Å². The third-order valence-corrected chi connectivity index (χ3v) is 2.97. The van der Waals surface area contributed by atoms with E-state index in [2.05, 4.69) is 6.92 Å². The summed E-state index contributed by atoms with van der Waals surface area (Å²) in [6.07, 6.45) is 6.19. The standard InChI is InChI=1S/C16H23O4/c1-4-5-6-7-8-13(2)19-20-16(17)14-9-11-15(18-3)12-10-14/h9-12H,4-8H2,1-3H3. The lowest BCUT2D eigenvalue weighted by molar-refractivity contribution is -0.233. The van der Waals surface area contributed by atoms with Gasteiger partial charge in [0, 0.05) is 0 Å². The molecule has 4 nitrogen and oxygen atoms in total. The normalized spacial score (nSPS) is 10.6. The summed E-state index contributed by atoms with van der Waals surface area (Å²) in [5.41, 5.74) is 0.435. The van der Waals surface area contributed by atoms with E-state index in [1.54, 1.807) is 31.4 Å². The first-order valence-electron chi connectivity index (χ1n) is 7.02. The minimum atomic E-state index is -0.499. The second-order valence-corrected chi connectivity index (χ2v) is 4.70. The van der Waals surface area contributed by atoms with Crippen LogP contribution in [0.4, 0.5) is 0 Å². The van der Waals surface area contributed by atoms with Crippen LogP contribution < -0.4 is 4.74 Å². The quantitative estimate of drug-likeness (QED) is 0.384. The second kappa shape index (κ2) is 9.37. The van der Waals surface area contributed by atoms with Gasteiger partial charge in [0.1, 0.15) is 11.9 Å². The summed E-state index contributed by atoms with van der Waals surface area (Å²) in [5, 5.41) is 0. The molecule has 0 aliphatic carbocycles. The van der Waals surface area contributed by atoms with Crippen molar-refractivity contribution in [2.24, 2.45) is 0 Å². The minimum absolute atomic E-state index is 0.435. The molecule has 1 rings (SSSR count). The fourth-order valence-electron chi connectivity index (χ4n) is 1.73. The van der Waals surface area contributed by atoms with Gasteiger partial charge in [-0.3, -0.25) is 4.89 Å². The summed E-state index contributed by atoms with van der Waals surface area (Å²) in [6.45, 7) is 4.00. The Labute approximate surface area is 121 Å². The van der Waals surface area contributed by atoms with E-state index in [1.807, 2.05) is 6.92 Å². The maximum Gasteiger partial charge on any atom is 0.373 e. The van der Waals surface area contributed by atoms with Crippen LogP contribution in [0.1, 0.15) is 56.3 Å². The molecular weight excluding hydrogens is 256 g/mol. The fraction of sp³-hybridized carbons (Fsp3) is 0.500. The van der Waals surface area contributed by atoms with Gasteiger partial charge >= 0.3 is 5.97 Å². The van der Waals surface area contributed by atoms with Crippen molar-refractivity contribution in [2.75, 3.05) is 7.11 Å². The highest BCUT2D eigenvalue weighted by Gasteiger charge is 2.12. The van der Waals surface area contributed by atoms with E-state index in [1.165, 1.54) is 19.3 Å². The molecule has 0 unspecified atom stereocenters. The van der Waals surface area contributed by atoms with Crippen molar-refractivity contribution in [3.63, 3.8) is 0 Å². The van der Waals surface area contributed by atoms with E-state index < -0.39 is 5.97 Å². The maximum atomic E-state index is 11.7. The number of benzene rings is 1. The number of hydrogen-bond acceptors (Lipinski definition) is 4. The Morgan fingerprint density at radius 2 is 1.75 bits per heavy atom. The molecule has 0 heterocycles. The summed E-state index contributed by atoms with van der Waals surface area (Å²) in [7, 11) is 1.58. The molecule has 111 valence electrons. The first-order chi connectivity index (χ1) is 9.67. The second-order valence-electron chi connectivity index (χ2n) is 4.70. The van der Waals surface area contributed by atoms with Crippen LogP contribution in [0.5, 0.6) is 5.75 Å². The smallest absolute Gasteiger partial charge is 0.373 e. The van der Waals surface area contributed by atoms with Crippen molar-refractivity contribution in [1.29, 1.82) is 0 Å². The number of methoxy groups -OCH3 is 1. The van der Waals surface area contributed by atoms with Gasteiger partial charge in [0.05, 0.1) is 12.7 Å². The van der Waals surface area contributed by atoms with Gasteiger partial charge in [0.15, 0.2) is 0 Å². The molecule has 0 saturated carbocycles. The van der Waals surface area contributed by atoms with Crippen LogP contribution >= 0.6 is 0 Å². The molecule has 20 heavy (non-hydrogen) atoms. The molecule has 0 aromatic heterocycles. The van der Waals surface area contributed by atoms with E-state index in [0.29, 0.717) is 11.3 Å². The predicted molar refractivity (Wildman–Crippen MR) is 77.2 cm³/mol.